The number of hydrogen-bond donors (Lipinski definition) is 1. The van der Waals surface area contributed by atoms with E-state index >= 15 is 0 Å². The van der Waals surface area contributed by atoms with Crippen molar-refractivity contribution in [2.45, 2.75) is 0 Å². The maximum absolute atomic E-state index is 12.7. The quantitative estimate of drug-likeness (QED) is 0.605. The summed E-state index contributed by atoms with van der Waals surface area (Å²) in [5.41, 5.74) is 1.22. The normalized spacial score (nSPS) is 10.3. The van der Waals surface area contributed by atoms with E-state index in [9.17, 15) is 14.4 Å². The lowest BCUT2D eigenvalue weighted by molar-refractivity contribution is -0.130. The van der Waals surface area contributed by atoms with E-state index in [2.05, 4.69) is 5.32 Å². The average Bonchev–Trinajstić information content (AvgIpc) is 3.27. The van der Waals surface area contributed by atoms with E-state index in [0.717, 1.165) is 0 Å². The first-order valence-corrected chi connectivity index (χ1v) is 9.75. The smallest absolute Gasteiger partial charge is 0.259 e. The van der Waals surface area contributed by atoms with Crippen LogP contribution >= 0.6 is 11.3 Å². The van der Waals surface area contributed by atoms with Crippen molar-refractivity contribution in [3.63, 3.8) is 0 Å². The summed E-state index contributed by atoms with van der Waals surface area (Å²) in [5, 5.41) is 4.62. The third-order valence-corrected chi connectivity index (χ3v) is 5.00. The maximum atomic E-state index is 12.7. The van der Waals surface area contributed by atoms with Crippen LogP contribution in [0.1, 0.15) is 25.6 Å². The molecule has 0 aliphatic heterocycles. The van der Waals surface area contributed by atoms with Gasteiger partial charge < -0.3 is 15.0 Å². The van der Waals surface area contributed by atoms with Crippen LogP contribution in [0.4, 0.5) is 5.69 Å². The van der Waals surface area contributed by atoms with Crippen LogP contribution in [0, 0.1) is 0 Å². The molecular formula is C22H20N2O4S. The van der Waals surface area contributed by atoms with Gasteiger partial charge in [0, 0.05) is 25.3 Å². The molecule has 0 bridgehead atoms. The van der Waals surface area contributed by atoms with E-state index in [0.29, 0.717) is 27.4 Å². The van der Waals surface area contributed by atoms with E-state index in [1.165, 1.54) is 16.2 Å². The maximum Gasteiger partial charge on any atom is 0.259 e. The van der Waals surface area contributed by atoms with Gasteiger partial charge in [-0.05, 0) is 41.8 Å². The Morgan fingerprint density at radius 3 is 2.24 bits per heavy atom. The molecule has 0 aliphatic carbocycles. The summed E-state index contributed by atoms with van der Waals surface area (Å²) in [4.78, 5) is 39.0. The predicted molar refractivity (Wildman–Crippen MR) is 113 cm³/mol. The molecule has 1 aromatic heterocycles. The summed E-state index contributed by atoms with van der Waals surface area (Å²) < 4.78 is 5.42. The minimum absolute atomic E-state index is 0.0586. The zero-order valence-corrected chi connectivity index (χ0v) is 16.9. The fourth-order valence-corrected chi connectivity index (χ4v) is 3.20. The number of likely N-dealkylation sites (N-methyl/N-ethyl adjacent to an activating group) is 1. The van der Waals surface area contributed by atoms with Crippen LogP contribution in [0.25, 0.3) is 0 Å². The van der Waals surface area contributed by atoms with Gasteiger partial charge in [0.25, 0.3) is 11.8 Å². The van der Waals surface area contributed by atoms with Crippen molar-refractivity contribution in [1.29, 1.82) is 0 Å². The predicted octanol–water partition coefficient (Wildman–Crippen LogP) is 3.70. The molecular weight excluding hydrogens is 388 g/mol. The van der Waals surface area contributed by atoms with Gasteiger partial charge in [-0.2, -0.15) is 0 Å². The number of nitrogens with one attached hydrogen (secondary N) is 1. The Bertz CT molecular complexity index is 1010. The van der Waals surface area contributed by atoms with Gasteiger partial charge in [-0.25, -0.2) is 0 Å². The largest absolute Gasteiger partial charge is 0.484 e. The molecule has 6 nitrogen and oxygen atoms in total. The van der Waals surface area contributed by atoms with Crippen molar-refractivity contribution in [2.75, 3.05) is 26.0 Å². The number of amides is 2. The highest BCUT2D eigenvalue weighted by Gasteiger charge is 2.18. The molecule has 148 valence electrons. The molecule has 3 aromatic rings. The fourth-order valence-electron chi connectivity index (χ4n) is 2.53. The number of ketones is 1. The summed E-state index contributed by atoms with van der Waals surface area (Å²) in [5.74, 6) is -0.178. The number of hydrogen-bond acceptors (Lipinski definition) is 5. The lowest BCUT2D eigenvalue weighted by Gasteiger charge is -2.12. The molecule has 0 saturated heterocycles. The monoisotopic (exact) mass is 408 g/mol. The molecule has 0 unspecified atom stereocenters. The Morgan fingerprint density at radius 1 is 0.931 bits per heavy atom. The second kappa shape index (κ2) is 9.16. The molecule has 0 radical (unpaired) electrons. The molecule has 29 heavy (non-hydrogen) atoms. The molecule has 1 heterocycles. The zero-order valence-electron chi connectivity index (χ0n) is 16.0. The first-order chi connectivity index (χ1) is 14.0. The number of thiophene rings is 1. The van der Waals surface area contributed by atoms with Crippen molar-refractivity contribution in [1.82, 2.24) is 4.90 Å². The Kier molecular flexibility index (Phi) is 6.41. The van der Waals surface area contributed by atoms with Gasteiger partial charge in [-0.15, -0.1) is 11.3 Å². The SMILES string of the molecule is CN(C)C(=O)COc1ccc(NC(=O)c2ccccc2C(=O)c2cccs2)cc1. The lowest BCUT2D eigenvalue weighted by atomic mass is 10.0. The number of anilines is 1. The Morgan fingerprint density at radius 2 is 1.62 bits per heavy atom. The van der Waals surface area contributed by atoms with Crippen LogP contribution in [0.2, 0.25) is 0 Å². The highest BCUT2D eigenvalue weighted by atomic mass is 32.1. The molecule has 2 aromatic carbocycles. The molecule has 1 N–H and O–H groups in total. The summed E-state index contributed by atoms with van der Waals surface area (Å²) >= 11 is 1.34. The minimum atomic E-state index is -0.373. The summed E-state index contributed by atoms with van der Waals surface area (Å²) in [6, 6.07) is 17.0. The first-order valence-electron chi connectivity index (χ1n) is 8.87. The minimum Gasteiger partial charge on any atom is -0.484 e. The van der Waals surface area contributed by atoms with Crippen molar-refractivity contribution in [3.05, 3.63) is 82.0 Å². The molecule has 2 amide bonds. The van der Waals surface area contributed by atoms with Crippen LogP contribution in [0.5, 0.6) is 5.75 Å². The first kappa shape index (κ1) is 20.3. The molecule has 0 spiro atoms. The third-order valence-electron chi connectivity index (χ3n) is 4.13. The van der Waals surface area contributed by atoms with Crippen LogP contribution in [0.15, 0.2) is 66.0 Å². The fraction of sp³-hybridized carbons (Fsp3) is 0.136. The van der Waals surface area contributed by atoms with Crippen LogP contribution in [0.3, 0.4) is 0 Å². The molecule has 0 atom stereocenters. The van der Waals surface area contributed by atoms with Gasteiger partial charge in [0.1, 0.15) is 5.75 Å². The average molecular weight is 408 g/mol. The standard InChI is InChI=1S/C22H20N2O4S/c1-24(2)20(25)14-28-16-11-9-15(10-12-16)23-22(27)18-7-4-3-6-17(18)21(26)19-8-5-13-29-19/h3-13H,14H2,1-2H3,(H,23,27). The summed E-state index contributed by atoms with van der Waals surface area (Å²) in [7, 11) is 3.32. The molecule has 0 fully saturated rings. The number of rotatable bonds is 7. The summed E-state index contributed by atoms with van der Waals surface area (Å²) in [6.45, 7) is -0.0586. The van der Waals surface area contributed by atoms with Gasteiger partial charge in [0.2, 0.25) is 5.78 Å². The van der Waals surface area contributed by atoms with Gasteiger partial charge in [-0.3, -0.25) is 14.4 Å². The molecule has 3 rings (SSSR count). The molecule has 7 heteroatoms. The van der Waals surface area contributed by atoms with Crippen molar-refractivity contribution < 1.29 is 19.1 Å². The summed E-state index contributed by atoms with van der Waals surface area (Å²) in [6.07, 6.45) is 0. The second-order valence-corrected chi connectivity index (χ2v) is 7.36. The highest BCUT2D eigenvalue weighted by Crippen LogP contribution is 2.21. The second-order valence-electron chi connectivity index (χ2n) is 6.41. The van der Waals surface area contributed by atoms with E-state index in [1.807, 2.05) is 5.38 Å². The highest BCUT2D eigenvalue weighted by molar-refractivity contribution is 7.12. The Hall–Kier alpha value is -3.45. The van der Waals surface area contributed by atoms with E-state index < -0.39 is 0 Å². The van der Waals surface area contributed by atoms with Crippen molar-refractivity contribution in [3.8, 4) is 5.75 Å². The number of carbonyl (C=O) groups is 3. The van der Waals surface area contributed by atoms with Gasteiger partial charge in [0.15, 0.2) is 6.61 Å². The van der Waals surface area contributed by atoms with Crippen LogP contribution < -0.4 is 10.1 Å². The number of benzene rings is 2. The molecule has 0 aliphatic rings. The number of nitrogens with zero attached hydrogens (tertiary/aromatic N) is 1. The van der Waals surface area contributed by atoms with Gasteiger partial charge in [-0.1, -0.05) is 24.3 Å². The third kappa shape index (κ3) is 5.08. The Labute approximate surface area is 172 Å². The van der Waals surface area contributed by atoms with E-state index in [1.54, 1.807) is 74.8 Å². The van der Waals surface area contributed by atoms with Gasteiger partial charge >= 0.3 is 0 Å². The van der Waals surface area contributed by atoms with Gasteiger partial charge in [0.05, 0.1) is 10.4 Å². The van der Waals surface area contributed by atoms with E-state index in [-0.39, 0.29) is 24.2 Å². The lowest BCUT2D eigenvalue weighted by Crippen LogP contribution is -2.27. The zero-order chi connectivity index (χ0) is 20.8. The number of carbonyl (C=O) groups excluding carboxylic acids is 3. The number of ether oxygens (including phenoxy) is 1. The van der Waals surface area contributed by atoms with Crippen LogP contribution in [-0.2, 0) is 4.79 Å². The van der Waals surface area contributed by atoms with Crippen molar-refractivity contribution >= 4 is 34.6 Å². The Balaban J connectivity index is 1.69. The van der Waals surface area contributed by atoms with Crippen molar-refractivity contribution in [2.24, 2.45) is 0 Å². The van der Waals surface area contributed by atoms with E-state index in [4.69, 9.17) is 4.74 Å². The van der Waals surface area contributed by atoms with Crippen LogP contribution in [-0.4, -0.2) is 43.2 Å². The molecule has 0 saturated carbocycles. The topological polar surface area (TPSA) is 75.7 Å².